The minimum Gasteiger partial charge on any atom is -0.481 e. The van der Waals surface area contributed by atoms with E-state index in [-0.39, 0.29) is 18.4 Å². The molecule has 0 aliphatic heterocycles. The molecule has 3 N–H and O–H groups in total. The lowest BCUT2D eigenvalue weighted by molar-refractivity contribution is -0.137. The predicted molar refractivity (Wildman–Crippen MR) is 50.0 cm³/mol. The summed E-state index contributed by atoms with van der Waals surface area (Å²) in [5.74, 6) is -1.21. The van der Waals surface area contributed by atoms with Crippen molar-refractivity contribution < 1.29 is 14.7 Å². The average Bonchev–Trinajstić information content (AvgIpc) is 2.53. The molecule has 1 aromatic rings. The highest BCUT2D eigenvalue weighted by atomic mass is 16.4. The number of hydrogen-bond acceptors (Lipinski definition) is 2. The van der Waals surface area contributed by atoms with Gasteiger partial charge in [0.2, 0.25) is 0 Å². The Balaban J connectivity index is 2.45. The maximum Gasteiger partial charge on any atom is 0.305 e. The minimum absolute atomic E-state index is 0.0769. The molecular formula is C9H12N2O3. The summed E-state index contributed by atoms with van der Waals surface area (Å²) in [4.78, 5) is 24.4. The zero-order valence-corrected chi connectivity index (χ0v) is 7.78. The van der Waals surface area contributed by atoms with E-state index in [1.807, 2.05) is 0 Å². The van der Waals surface area contributed by atoms with Crippen LogP contribution >= 0.6 is 0 Å². The normalized spacial score (nSPS) is 12.1. The highest BCUT2D eigenvalue weighted by Gasteiger charge is 2.12. The number of carbonyl (C=O) groups excluding carboxylic acids is 1. The summed E-state index contributed by atoms with van der Waals surface area (Å²) in [5.41, 5.74) is 0.433. The average molecular weight is 196 g/mol. The molecule has 0 aromatic carbocycles. The van der Waals surface area contributed by atoms with Gasteiger partial charge in [-0.15, -0.1) is 0 Å². The molecule has 0 bridgehead atoms. The first-order valence-electron chi connectivity index (χ1n) is 4.25. The summed E-state index contributed by atoms with van der Waals surface area (Å²) in [6.07, 6.45) is 1.56. The SMILES string of the molecule is C[C@@H](CC(=O)O)NC(=O)c1ccc[nH]1. The zero-order chi connectivity index (χ0) is 10.6. The second kappa shape index (κ2) is 4.45. The van der Waals surface area contributed by atoms with Crippen LogP contribution in [0, 0.1) is 0 Å². The molecule has 0 spiro atoms. The summed E-state index contributed by atoms with van der Waals surface area (Å²) in [6, 6.07) is 2.96. The molecule has 0 fully saturated rings. The lowest BCUT2D eigenvalue weighted by Crippen LogP contribution is -2.34. The van der Waals surface area contributed by atoms with E-state index in [9.17, 15) is 9.59 Å². The van der Waals surface area contributed by atoms with Gasteiger partial charge in [0.15, 0.2) is 0 Å². The van der Waals surface area contributed by atoms with Crippen LogP contribution in [0.2, 0.25) is 0 Å². The molecule has 1 atom stereocenters. The molecule has 0 radical (unpaired) electrons. The second-order valence-electron chi connectivity index (χ2n) is 3.06. The van der Waals surface area contributed by atoms with Crippen molar-refractivity contribution >= 4 is 11.9 Å². The van der Waals surface area contributed by atoms with Gasteiger partial charge in [-0.05, 0) is 19.1 Å². The molecule has 5 heteroatoms. The van der Waals surface area contributed by atoms with Crippen molar-refractivity contribution in [2.24, 2.45) is 0 Å². The number of carboxylic acids is 1. The number of hydrogen-bond donors (Lipinski definition) is 3. The van der Waals surface area contributed by atoms with Crippen LogP contribution in [0.5, 0.6) is 0 Å². The number of carbonyl (C=O) groups is 2. The van der Waals surface area contributed by atoms with Crippen molar-refractivity contribution in [3.05, 3.63) is 24.0 Å². The quantitative estimate of drug-likeness (QED) is 0.659. The largest absolute Gasteiger partial charge is 0.481 e. The summed E-state index contributed by atoms with van der Waals surface area (Å²) >= 11 is 0. The van der Waals surface area contributed by atoms with E-state index in [4.69, 9.17) is 5.11 Å². The molecule has 0 saturated heterocycles. The third-order valence-electron chi connectivity index (χ3n) is 1.70. The van der Waals surface area contributed by atoms with Gasteiger partial charge in [-0.1, -0.05) is 0 Å². The van der Waals surface area contributed by atoms with Crippen molar-refractivity contribution in [1.29, 1.82) is 0 Å². The number of rotatable bonds is 4. The number of aliphatic carboxylic acids is 1. The Labute approximate surface area is 81.1 Å². The Hall–Kier alpha value is -1.78. The molecular weight excluding hydrogens is 184 g/mol. The van der Waals surface area contributed by atoms with E-state index in [0.717, 1.165) is 0 Å². The van der Waals surface area contributed by atoms with E-state index < -0.39 is 5.97 Å². The first kappa shape index (κ1) is 10.3. The van der Waals surface area contributed by atoms with E-state index >= 15 is 0 Å². The molecule has 0 unspecified atom stereocenters. The number of H-pyrrole nitrogens is 1. The highest BCUT2D eigenvalue weighted by Crippen LogP contribution is 1.97. The molecule has 1 rings (SSSR count). The van der Waals surface area contributed by atoms with E-state index in [1.165, 1.54) is 0 Å². The first-order valence-corrected chi connectivity index (χ1v) is 4.25. The summed E-state index contributed by atoms with van der Waals surface area (Å²) in [6.45, 7) is 1.65. The Bertz CT molecular complexity index is 319. The monoisotopic (exact) mass is 196 g/mol. The molecule has 1 aromatic heterocycles. The topological polar surface area (TPSA) is 82.2 Å². The van der Waals surface area contributed by atoms with Crippen molar-refractivity contribution in [3.63, 3.8) is 0 Å². The van der Waals surface area contributed by atoms with E-state index in [2.05, 4.69) is 10.3 Å². The number of aromatic nitrogens is 1. The molecule has 0 aliphatic carbocycles. The van der Waals surface area contributed by atoms with Crippen LogP contribution in [0.3, 0.4) is 0 Å². The highest BCUT2D eigenvalue weighted by molar-refractivity contribution is 5.92. The second-order valence-corrected chi connectivity index (χ2v) is 3.06. The zero-order valence-electron chi connectivity index (χ0n) is 7.78. The van der Waals surface area contributed by atoms with Gasteiger partial charge < -0.3 is 15.4 Å². The van der Waals surface area contributed by atoms with Crippen LogP contribution in [-0.2, 0) is 4.79 Å². The first-order chi connectivity index (χ1) is 6.59. The fourth-order valence-electron chi connectivity index (χ4n) is 1.09. The number of aromatic amines is 1. The Morgan fingerprint density at radius 1 is 1.64 bits per heavy atom. The van der Waals surface area contributed by atoms with Crippen LogP contribution in [-0.4, -0.2) is 28.0 Å². The third kappa shape index (κ3) is 2.93. The molecule has 1 heterocycles. The van der Waals surface area contributed by atoms with Gasteiger partial charge in [-0.2, -0.15) is 0 Å². The van der Waals surface area contributed by atoms with Gasteiger partial charge in [0.25, 0.3) is 5.91 Å². The number of amides is 1. The molecule has 76 valence electrons. The number of carboxylic acid groups (broad SMARTS) is 1. The van der Waals surface area contributed by atoms with Crippen LogP contribution in [0.15, 0.2) is 18.3 Å². The minimum atomic E-state index is -0.927. The van der Waals surface area contributed by atoms with E-state index in [0.29, 0.717) is 5.69 Å². The summed E-state index contributed by atoms with van der Waals surface area (Å²) in [5, 5.41) is 11.0. The fourth-order valence-corrected chi connectivity index (χ4v) is 1.09. The molecule has 14 heavy (non-hydrogen) atoms. The van der Waals surface area contributed by atoms with Gasteiger partial charge in [0.05, 0.1) is 6.42 Å². The van der Waals surface area contributed by atoms with Gasteiger partial charge in [-0.25, -0.2) is 0 Å². The standard InChI is InChI=1S/C9H12N2O3/c1-6(5-8(12)13)11-9(14)7-3-2-4-10-7/h2-4,6,10H,5H2,1H3,(H,11,14)(H,12,13)/t6-/m0/s1. The lowest BCUT2D eigenvalue weighted by atomic mass is 10.2. The molecule has 0 saturated carbocycles. The van der Waals surface area contributed by atoms with Gasteiger partial charge >= 0.3 is 5.97 Å². The third-order valence-corrected chi connectivity index (χ3v) is 1.70. The Morgan fingerprint density at radius 2 is 2.36 bits per heavy atom. The maximum atomic E-state index is 11.4. The fraction of sp³-hybridized carbons (Fsp3) is 0.333. The molecule has 0 aliphatic rings. The van der Waals surface area contributed by atoms with Crippen molar-refractivity contribution in [3.8, 4) is 0 Å². The van der Waals surface area contributed by atoms with Gasteiger partial charge in [-0.3, -0.25) is 9.59 Å². The van der Waals surface area contributed by atoms with Crippen molar-refractivity contribution in [2.75, 3.05) is 0 Å². The van der Waals surface area contributed by atoms with Gasteiger partial charge in [0, 0.05) is 12.2 Å². The molecule has 5 nitrogen and oxygen atoms in total. The van der Waals surface area contributed by atoms with Crippen molar-refractivity contribution in [2.45, 2.75) is 19.4 Å². The van der Waals surface area contributed by atoms with Crippen LogP contribution in [0.1, 0.15) is 23.8 Å². The predicted octanol–water partition coefficient (Wildman–Crippen LogP) is 0.608. The van der Waals surface area contributed by atoms with Crippen molar-refractivity contribution in [1.82, 2.24) is 10.3 Å². The Kier molecular flexibility index (Phi) is 3.28. The smallest absolute Gasteiger partial charge is 0.305 e. The van der Waals surface area contributed by atoms with Crippen LogP contribution < -0.4 is 5.32 Å². The number of nitrogens with one attached hydrogen (secondary N) is 2. The summed E-state index contributed by atoms with van der Waals surface area (Å²) in [7, 11) is 0. The van der Waals surface area contributed by atoms with E-state index in [1.54, 1.807) is 25.3 Å². The lowest BCUT2D eigenvalue weighted by Gasteiger charge is -2.10. The Morgan fingerprint density at radius 3 is 2.86 bits per heavy atom. The van der Waals surface area contributed by atoms with Crippen LogP contribution in [0.4, 0.5) is 0 Å². The maximum absolute atomic E-state index is 11.4. The molecule has 1 amide bonds. The van der Waals surface area contributed by atoms with Gasteiger partial charge in [0.1, 0.15) is 5.69 Å². The summed E-state index contributed by atoms with van der Waals surface area (Å²) < 4.78 is 0. The van der Waals surface area contributed by atoms with Crippen LogP contribution in [0.25, 0.3) is 0 Å².